The molecule has 0 radical (unpaired) electrons. The van der Waals surface area contributed by atoms with Gasteiger partial charge in [-0.3, -0.25) is 0 Å². The van der Waals surface area contributed by atoms with Crippen molar-refractivity contribution in [3.8, 4) is 0 Å². The quantitative estimate of drug-likeness (QED) is 0.839. The molecule has 1 aromatic rings. The highest BCUT2D eigenvalue weighted by Crippen LogP contribution is 2.24. The van der Waals surface area contributed by atoms with Crippen molar-refractivity contribution in [1.82, 2.24) is 14.7 Å². The Kier molecular flexibility index (Phi) is 5.29. The van der Waals surface area contributed by atoms with E-state index in [4.69, 9.17) is 5.73 Å². The largest absolute Gasteiger partial charge is 0.394 e. The van der Waals surface area contributed by atoms with Crippen LogP contribution in [-0.4, -0.2) is 41.4 Å². The lowest BCUT2D eigenvalue weighted by Crippen LogP contribution is -2.31. The molecule has 0 bridgehead atoms. The van der Waals surface area contributed by atoms with Crippen molar-refractivity contribution in [1.29, 1.82) is 0 Å². The van der Waals surface area contributed by atoms with Gasteiger partial charge in [-0.05, 0) is 58.7 Å². The van der Waals surface area contributed by atoms with Crippen molar-refractivity contribution < 1.29 is 0 Å². The second-order valence-electron chi connectivity index (χ2n) is 6.03. The van der Waals surface area contributed by atoms with Gasteiger partial charge >= 0.3 is 0 Å². The number of piperidine rings is 1. The van der Waals surface area contributed by atoms with Crippen LogP contribution in [0.5, 0.6) is 0 Å². The van der Waals surface area contributed by atoms with Gasteiger partial charge in [-0.2, -0.15) is 5.10 Å². The molecule has 1 aromatic heterocycles. The van der Waals surface area contributed by atoms with Crippen molar-refractivity contribution in [2.45, 2.75) is 46.1 Å². The average molecular weight is 279 g/mol. The predicted molar refractivity (Wildman–Crippen MR) is 85.0 cm³/mol. The van der Waals surface area contributed by atoms with Gasteiger partial charge < -0.3 is 16.0 Å². The summed E-state index contributed by atoms with van der Waals surface area (Å²) >= 11 is 0. The maximum absolute atomic E-state index is 6.12. The highest BCUT2D eigenvalue weighted by Gasteiger charge is 2.17. The molecule has 114 valence electrons. The molecule has 1 saturated heterocycles. The maximum Gasteiger partial charge on any atom is 0.148 e. The molecule has 2 heterocycles. The van der Waals surface area contributed by atoms with Crippen LogP contribution >= 0.6 is 0 Å². The van der Waals surface area contributed by atoms with Gasteiger partial charge in [-0.15, -0.1) is 0 Å². The van der Waals surface area contributed by atoms with E-state index in [2.05, 4.69) is 29.3 Å². The van der Waals surface area contributed by atoms with Crippen LogP contribution in [0.25, 0.3) is 0 Å². The Morgan fingerprint density at radius 1 is 1.35 bits per heavy atom. The van der Waals surface area contributed by atoms with Crippen LogP contribution in [0.4, 0.5) is 11.5 Å². The van der Waals surface area contributed by atoms with Crippen LogP contribution in [-0.2, 0) is 6.54 Å². The Hall–Kier alpha value is -1.23. The topological polar surface area (TPSA) is 59.1 Å². The van der Waals surface area contributed by atoms with Crippen molar-refractivity contribution in [2.75, 3.05) is 37.7 Å². The molecule has 2 rings (SSSR count). The second-order valence-corrected chi connectivity index (χ2v) is 6.03. The minimum absolute atomic E-state index is 0.807. The Balaban J connectivity index is 1.84. The Morgan fingerprint density at radius 2 is 2.05 bits per heavy atom. The van der Waals surface area contributed by atoms with Gasteiger partial charge in [0.2, 0.25) is 0 Å². The zero-order chi connectivity index (χ0) is 14.5. The molecule has 5 nitrogen and oxygen atoms in total. The van der Waals surface area contributed by atoms with Crippen LogP contribution in [0.2, 0.25) is 0 Å². The van der Waals surface area contributed by atoms with Gasteiger partial charge in [0.25, 0.3) is 0 Å². The molecule has 0 aromatic carbocycles. The first-order chi connectivity index (χ1) is 9.61. The molecule has 0 unspecified atom stereocenters. The fourth-order valence-electron chi connectivity index (χ4n) is 2.90. The van der Waals surface area contributed by atoms with E-state index >= 15 is 0 Å². The van der Waals surface area contributed by atoms with Gasteiger partial charge in [-0.25, -0.2) is 4.68 Å². The second kappa shape index (κ2) is 6.97. The minimum Gasteiger partial charge on any atom is -0.394 e. The summed E-state index contributed by atoms with van der Waals surface area (Å²) < 4.78 is 2.01. The SMILES string of the molecule is CCCn1nc(C)c(N)c1NCCC1CCN(C)CC1. The summed E-state index contributed by atoms with van der Waals surface area (Å²) in [5.74, 6) is 1.86. The zero-order valence-electron chi connectivity index (χ0n) is 13.2. The molecular weight excluding hydrogens is 250 g/mol. The summed E-state index contributed by atoms with van der Waals surface area (Å²) in [6.45, 7) is 8.53. The van der Waals surface area contributed by atoms with Crippen LogP contribution in [0.1, 0.15) is 38.3 Å². The number of aryl methyl sites for hydroxylation is 2. The summed E-state index contributed by atoms with van der Waals surface area (Å²) in [5.41, 5.74) is 7.86. The lowest BCUT2D eigenvalue weighted by molar-refractivity contribution is 0.215. The number of likely N-dealkylation sites (tertiary alicyclic amines) is 1. The molecular formula is C15H29N5. The number of aromatic nitrogens is 2. The number of hydrogen-bond donors (Lipinski definition) is 2. The summed E-state index contributed by atoms with van der Waals surface area (Å²) in [6.07, 6.45) is 4.94. The van der Waals surface area contributed by atoms with Crippen molar-refractivity contribution in [3.05, 3.63) is 5.69 Å². The summed E-state index contributed by atoms with van der Waals surface area (Å²) in [5, 5.41) is 8.01. The Bertz CT molecular complexity index is 418. The van der Waals surface area contributed by atoms with Gasteiger partial charge in [0, 0.05) is 13.1 Å². The van der Waals surface area contributed by atoms with Gasteiger partial charge in [0.1, 0.15) is 5.82 Å². The molecule has 5 heteroatoms. The lowest BCUT2D eigenvalue weighted by Gasteiger charge is -2.29. The van der Waals surface area contributed by atoms with E-state index in [0.717, 1.165) is 42.6 Å². The molecule has 1 aliphatic rings. The fourth-order valence-corrected chi connectivity index (χ4v) is 2.90. The first kappa shape index (κ1) is 15.2. The Labute approximate surface area is 122 Å². The summed E-state index contributed by atoms with van der Waals surface area (Å²) in [4.78, 5) is 2.42. The molecule has 0 spiro atoms. The standard InChI is InChI=1S/C15H29N5/c1-4-9-20-15(14(16)12(2)18-20)17-8-5-13-6-10-19(3)11-7-13/h13,17H,4-11,16H2,1-3H3. The van der Waals surface area contributed by atoms with Crippen molar-refractivity contribution in [3.63, 3.8) is 0 Å². The summed E-state index contributed by atoms with van der Waals surface area (Å²) in [7, 11) is 2.21. The lowest BCUT2D eigenvalue weighted by atomic mass is 9.94. The normalized spacial score (nSPS) is 17.6. The van der Waals surface area contributed by atoms with E-state index in [1.54, 1.807) is 0 Å². The fraction of sp³-hybridized carbons (Fsp3) is 0.800. The number of anilines is 2. The summed E-state index contributed by atoms with van der Waals surface area (Å²) in [6, 6.07) is 0. The van der Waals surface area contributed by atoms with Gasteiger partial charge in [0.15, 0.2) is 0 Å². The van der Waals surface area contributed by atoms with Crippen LogP contribution < -0.4 is 11.1 Å². The van der Waals surface area contributed by atoms with E-state index in [1.165, 1.54) is 32.4 Å². The van der Waals surface area contributed by atoms with E-state index in [9.17, 15) is 0 Å². The van der Waals surface area contributed by atoms with Crippen LogP contribution in [0, 0.1) is 12.8 Å². The Morgan fingerprint density at radius 3 is 2.70 bits per heavy atom. The molecule has 1 aliphatic heterocycles. The van der Waals surface area contributed by atoms with Gasteiger partial charge in [0.05, 0.1) is 11.4 Å². The molecule has 20 heavy (non-hydrogen) atoms. The molecule has 0 amide bonds. The number of hydrogen-bond acceptors (Lipinski definition) is 4. The molecule has 0 aliphatic carbocycles. The molecule has 0 saturated carbocycles. The highest BCUT2D eigenvalue weighted by atomic mass is 15.3. The number of nitrogens with two attached hydrogens (primary N) is 1. The van der Waals surface area contributed by atoms with Crippen molar-refractivity contribution >= 4 is 11.5 Å². The zero-order valence-corrected chi connectivity index (χ0v) is 13.2. The van der Waals surface area contributed by atoms with E-state index in [0.29, 0.717) is 0 Å². The molecule has 1 fully saturated rings. The molecule has 3 N–H and O–H groups in total. The maximum atomic E-state index is 6.12. The predicted octanol–water partition coefficient (Wildman–Crippen LogP) is 2.33. The minimum atomic E-state index is 0.807. The van der Waals surface area contributed by atoms with E-state index in [1.807, 2.05) is 11.6 Å². The van der Waals surface area contributed by atoms with E-state index in [-0.39, 0.29) is 0 Å². The third-order valence-corrected chi connectivity index (χ3v) is 4.29. The average Bonchev–Trinajstić information content (AvgIpc) is 2.69. The van der Waals surface area contributed by atoms with Gasteiger partial charge in [-0.1, -0.05) is 6.92 Å². The highest BCUT2D eigenvalue weighted by molar-refractivity contribution is 5.64. The third-order valence-electron chi connectivity index (χ3n) is 4.29. The first-order valence-corrected chi connectivity index (χ1v) is 7.87. The number of nitrogen functional groups attached to an aromatic ring is 1. The van der Waals surface area contributed by atoms with Crippen LogP contribution in [0.15, 0.2) is 0 Å². The first-order valence-electron chi connectivity index (χ1n) is 7.87. The monoisotopic (exact) mass is 279 g/mol. The van der Waals surface area contributed by atoms with Crippen molar-refractivity contribution in [2.24, 2.45) is 5.92 Å². The third kappa shape index (κ3) is 3.66. The van der Waals surface area contributed by atoms with E-state index < -0.39 is 0 Å². The number of nitrogens with one attached hydrogen (secondary N) is 1. The number of rotatable bonds is 6. The smallest absolute Gasteiger partial charge is 0.148 e. The van der Waals surface area contributed by atoms with Crippen LogP contribution in [0.3, 0.4) is 0 Å². The number of nitrogens with zero attached hydrogens (tertiary/aromatic N) is 3. The molecule has 0 atom stereocenters.